The second-order valence-corrected chi connectivity index (χ2v) is 9.29. The predicted octanol–water partition coefficient (Wildman–Crippen LogP) is 6.64. The van der Waals surface area contributed by atoms with Crippen LogP contribution < -0.4 is 4.74 Å². The second-order valence-electron chi connectivity index (χ2n) is 9.29. The molecule has 0 spiro atoms. The highest BCUT2D eigenvalue weighted by Crippen LogP contribution is 2.18. The Labute approximate surface area is 221 Å². The third-order valence-corrected chi connectivity index (χ3v) is 6.49. The highest BCUT2D eigenvalue weighted by atomic mass is 16.5. The fraction of sp³-hybridized carbons (Fsp3) is 0.375. The number of methoxy groups -OCH3 is 1. The van der Waals surface area contributed by atoms with Crippen LogP contribution in [0.4, 0.5) is 0 Å². The number of hydrogen-bond acceptors (Lipinski definition) is 4. The molecule has 3 aromatic rings. The maximum Gasteiger partial charge on any atom is 0.338 e. The molecule has 0 N–H and O–H groups in total. The third-order valence-electron chi connectivity index (χ3n) is 6.49. The van der Waals surface area contributed by atoms with Gasteiger partial charge in [0.2, 0.25) is 5.91 Å². The van der Waals surface area contributed by atoms with Crippen LogP contribution in [0.15, 0.2) is 78.9 Å². The maximum absolute atomic E-state index is 13.2. The molecule has 0 atom stereocenters. The number of carbonyl (C=O) groups is 2. The number of ether oxygens (including phenoxy) is 2. The Morgan fingerprint density at radius 2 is 1.46 bits per heavy atom. The van der Waals surface area contributed by atoms with Crippen molar-refractivity contribution in [1.29, 1.82) is 0 Å². The van der Waals surface area contributed by atoms with Crippen LogP contribution in [0.1, 0.15) is 66.1 Å². The van der Waals surface area contributed by atoms with Gasteiger partial charge in [0.1, 0.15) is 12.4 Å². The van der Waals surface area contributed by atoms with Gasteiger partial charge >= 0.3 is 5.97 Å². The molecule has 5 nitrogen and oxygen atoms in total. The summed E-state index contributed by atoms with van der Waals surface area (Å²) in [7, 11) is 1.37. The smallest absolute Gasteiger partial charge is 0.338 e. The number of benzene rings is 3. The maximum atomic E-state index is 13.2. The van der Waals surface area contributed by atoms with Crippen molar-refractivity contribution in [3.05, 3.63) is 101 Å². The second kappa shape index (κ2) is 15.5. The summed E-state index contributed by atoms with van der Waals surface area (Å²) in [4.78, 5) is 27.2. The molecule has 1 amide bonds. The Hall–Kier alpha value is -3.60. The Kier molecular flexibility index (Phi) is 11.7. The van der Waals surface area contributed by atoms with Gasteiger partial charge < -0.3 is 14.4 Å². The minimum atomic E-state index is -0.379. The monoisotopic (exact) mass is 501 g/mol. The minimum absolute atomic E-state index is 0.159. The lowest BCUT2D eigenvalue weighted by molar-refractivity contribution is -0.130. The Bertz CT molecular complexity index is 1100. The molecule has 0 fully saturated rings. The molecule has 0 aliphatic carbocycles. The van der Waals surface area contributed by atoms with Crippen molar-refractivity contribution in [1.82, 2.24) is 4.90 Å². The van der Waals surface area contributed by atoms with Gasteiger partial charge in [-0.15, -0.1) is 0 Å². The van der Waals surface area contributed by atoms with E-state index in [2.05, 4.69) is 19.1 Å². The minimum Gasteiger partial charge on any atom is -0.489 e. The molecule has 0 aliphatic heterocycles. The molecule has 0 saturated heterocycles. The summed E-state index contributed by atoms with van der Waals surface area (Å²) in [5.74, 6) is 0.468. The molecule has 0 unspecified atom stereocenters. The van der Waals surface area contributed by atoms with Crippen LogP contribution in [0, 0.1) is 0 Å². The summed E-state index contributed by atoms with van der Waals surface area (Å²) < 4.78 is 10.8. The van der Waals surface area contributed by atoms with Gasteiger partial charge in [0.15, 0.2) is 0 Å². The largest absolute Gasteiger partial charge is 0.489 e. The molecule has 3 rings (SSSR count). The van der Waals surface area contributed by atoms with Crippen LogP contribution in [0.2, 0.25) is 0 Å². The summed E-state index contributed by atoms with van der Waals surface area (Å²) in [6.45, 7) is 4.01. The van der Waals surface area contributed by atoms with Crippen LogP contribution in [-0.2, 0) is 29.0 Å². The van der Waals surface area contributed by atoms with Crippen molar-refractivity contribution in [3.63, 3.8) is 0 Å². The van der Waals surface area contributed by atoms with E-state index in [-0.39, 0.29) is 18.5 Å². The standard InChI is InChI=1S/C32H39NO4/c1-3-4-5-6-12-22-33(23-21-26-13-8-7-9-14-26)31(34)24-27-17-19-29(20-18-27)37-25-28-15-10-11-16-30(28)32(35)36-2/h7-11,13-20H,3-6,12,21-25H2,1-2H3. The van der Waals surface area contributed by atoms with Gasteiger partial charge in [-0.3, -0.25) is 4.79 Å². The highest BCUT2D eigenvalue weighted by molar-refractivity contribution is 5.90. The van der Waals surface area contributed by atoms with E-state index in [9.17, 15) is 9.59 Å². The molecule has 0 saturated carbocycles. The summed E-state index contributed by atoms with van der Waals surface area (Å²) in [5, 5.41) is 0. The third kappa shape index (κ3) is 9.41. The van der Waals surface area contributed by atoms with Crippen molar-refractivity contribution < 1.29 is 19.1 Å². The molecular weight excluding hydrogens is 462 g/mol. The number of carbonyl (C=O) groups excluding carboxylic acids is 2. The summed E-state index contributed by atoms with van der Waals surface area (Å²) in [5.41, 5.74) is 3.48. The van der Waals surface area contributed by atoms with E-state index in [0.717, 1.165) is 43.5 Å². The van der Waals surface area contributed by atoms with Crippen LogP contribution in [0.3, 0.4) is 0 Å². The molecule has 37 heavy (non-hydrogen) atoms. The van der Waals surface area contributed by atoms with Crippen molar-refractivity contribution >= 4 is 11.9 Å². The first-order chi connectivity index (χ1) is 18.1. The van der Waals surface area contributed by atoms with E-state index in [0.29, 0.717) is 17.7 Å². The van der Waals surface area contributed by atoms with Gasteiger partial charge in [-0.1, -0.05) is 93.3 Å². The molecule has 3 aromatic carbocycles. The van der Waals surface area contributed by atoms with Crippen molar-refractivity contribution in [2.75, 3.05) is 20.2 Å². The van der Waals surface area contributed by atoms with Crippen molar-refractivity contribution in [2.24, 2.45) is 0 Å². The molecule has 0 aromatic heterocycles. The summed E-state index contributed by atoms with van der Waals surface area (Å²) >= 11 is 0. The average Bonchev–Trinajstić information content (AvgIpc) is 2.94. The highest BCUT2D eigenvalue weighted by Gasteiger charge is 2.15. The molecule has 0 radical (unpaired) electrons. The van der Waals surface area contributed by atoms with E-state index >= 15 is 0 Å². The number of unbranched alkanes of at least 4 members (excludes halogenated alkanes) is 4. The van der Waals surface area contributed by atoms with Crippen molar-refractivity contribution in [3.8, 4) is 5.75 Å². The number of rotatable bonds is 15. The topological polar surface area (TPSA) is 55.8 Å². The number of nitrogens with zero attached hydrogens (tertiary/aromatic N) is 1. The normalized spacial score (nSPS) is 10.6. The lowest BCUT2D eigenvalue weighted by atomic mass is 10.1. The summed E-state index contributed by atoms with van der Waals surface area (Å²) in [6.07, 6.45) is 7.13. The van der Waals surface area contributed by atoms with Crippen LogP contribution >= 0.6 is 0 Å². The Balaban J connectivity index is 1.56. The zero-order chi connectivity index (χ0) is 26.3. The quantitative estimate of drug-likeness (QED) is 0.173. The zero-order valence-corrected chi connectivity index (χ0v) is 22.2. The van der Waals surface area contributed by atoms with Gasteiger partial charge in [0, 0.05) is 18.7 Å². The average molecular weight is 502 g/mol. The van der Waals surface area contributed by atoms with E-state index in [4.69, 9.17) is 9.47 Å². The van der Waals surface area contributed by atoms with Crippen molar-refractivity contribution in [2.45, 2.75) is 58.5 Å². The van der Waals surface area contributed by atoms with E-state index < -0.39 is 0 Å². The van der Waals surface area contributed by atoms with Crippen LogP contribution in [0.25, 0.3) is 0 Å². The first-order valence-corrected chi connectivity index (χ1v) is 13.3. The van der Waals surface area contributed by atoms with Gasteiger partial charge in [0.05, 0.1) is 19.1 Å². The first-order valence-electron chi connectivity index (χ1n) is 13.3. The van der Waals surface area contributed by atoms with E-state index in [1.807, 2.05) is 59.5 Å². The molecule has 0 bridgehead atoms. The lowest BCUT2D eigenvalue weighted by Gasteiger charge is -2.23. The first kappa shape index (κ1) is 28.0. The van der Waals surface area contributed by atoms with Gasteiger partial charge in [0.25, 0.3) is 0 Å². The SMILES string of the molecule is CCCCCCCN(CCc1ccccc1)C(=O)Cc1ccc(OCc2ccccc2C(=O)OC)cc1. The molecular formula is C32H39NO4. The number of hydrogen-bond donors (Lipinski definition) is 0. The molecule has 196 valence electrons. The van der Waals surface area contributed by atoms with Gasteiger partial charge in [-0.2, -0.15) is 0 Å². The lowest BCUT2D eigenvalue weighted by Crippen LogP contribution is -2.35. The number of amides is 1. The fourth-order valence-electron chi connectivity index (χ4n) is 4.28. The predicted molar refractivity (Wildman–Crippen MR) is 148 cm³/mol. The van der Waals surface area contributed by atoms with E-state index in [1.54, 1.807) is 12.1 Å². The Morgan fingerprint density at radius 1 is 0.757 bits per heavy atom. The van der Waals surface area contributed by atoms with Gasteiger partial charge in [-0.05, 0) is 42.2 Å². The van der Waals surface area contributed by atoms with Gasteiger partial charge in [-0.25, -0.2) is 4.79 Å². The number of esters is 1. The van der Waals surface area contributed by atoms with E-state index in [1.165, 1.54) is 31.9 Å². The molecule has 5 heteroatoms. The summed E-state index contributed by atoms with van der Waals surface area (Å²) in [6, 6.07) is 25.2. The van der Waals surface area contributed by atoms with Crippen LogP contribution in [0.5, 0.6) is 5.75 Å². The fourth-order valence-corrected chi connectivity index (χ4v) is 4.28. The molecule has 0 aliphatic rings. The molecule has 0 heterocycles. The Morgan fingerprint density at radius 3 is 2.19 bits per heavy atom. The zero-order valence-electron chi connectivity index (χ0n) is 22.2. The van der Waals surface area contributed by atoms with Crippen LogP contribution in [-0.4, -0.2) is 37.0 Å².